The van der Waals surface area contributed by atoms with Gasteiger partial charge in [0, 0.05) is 17.6 Å². The molecule has 22 heavy (non-hydrogen) atoms. The lowest BCUT2D eigenvalue weighted by molar-refractivity contribution is -0.383. The van der Waals surface area contributed by atoms with Gasteiger partial charge in [0.25, 0.3) is 5.69 Å². The fourth-order valence-corrected chi connectivity index (χ4v) is 2.27. The van der Waals surface area contributed by atoms with Crippen LogP contribution in [0.25, 0.3) is 23.1 Å². The van der Waals surface area contributed by atoms with Gasteiger partial charge in [-0.05, 0) is 29.3 Å². The molecule has 3 rings (SSSR count). The van der Waals surface area contributed by atoms with Gasteiger partial charge in [0.05, 0.1) is 10.4 Å². The molecule has 1 heterocycles. The van der Waals surface area contributed by atoms with Crippen LogP contribution in [0, 0.1) is 10.1 Å². The van der Waals surface area contributed by atoms with E-state index in [9.17, 15) is 10.1 Å². The fourth-order valence-electron chi connectivity index (χ4n) is 2.27. The van der Waals surface area contributed by atoms with E-state index < -0.39 is 4.92 Å². The Morgan fingerprint density at radius 3 is 2.73 bits per heavy atom. The van der Waals surface area contributed by atoms with Crippen molar-refractivity contribution in [3.63, 3.8) is 0 Å². The summed E-state index contributed by atoms with van der Waals surface area (Å²) in [5, 5.41) is 11.9. The molecular formula is C17H13N3O2. The first kappa shape index (κ1) is 13.8. The minimum absolute atomic E-state index is 0.0817. The Bertz CT molecular complexity index is 883. The van der Waals surface area contributed by atoms with Gasteiger partial charge < -0.3 is 5.73 Å². The zero-order valence-corrected chi connectivity index (χ0v) is 11.6. The van der Waals surface area contributed by atoms with Crippen LogP contribution in [0.1, 0.15) is 11.1 Å². The summed E-state index contributed by atoms with van der Waals surface area (Å²) < 4.78 is 0. The maximum absolute atomic E-state index is 10.9. The summed E-state index contributed by atoms with van der Waals surface area (Å²) in [5.74, 6) is 0. The number of hydrogen-bond donors (Lipinski definition) is 1. The fraction of sp³-hybridized carbons (Fsp3) is 0. The lowest BCUT2D eigenvalue weighted by atomic mass is 10.1. The number of nitrogen functional groups attached to an aromatic ring is 1. The van der Waals surface area contributed by atoms with Crippen molar-refractivity contribution in [1.29, 1.82) is 0 Å². The first-order chi connectivity index (χ1) is 10.6. The Morgan fingerprint density at radius 1 is 1.09 bits per heavy atom. The number of fused-ring (bicyclic) bond motifs is 1. The van der Waals surface area contributed by atoms with Crippen molar-refractivity contribution >= 4 is 34.4 Å². The van der Waals surface area contributed by atoms with E-state index in [2.05, 4.69) is 4.98 Å². The number of hydrogen-bond acceptors (Lipinski definition) is 4. The van der Waals surface area contributed by atoms with Crippen molar-refractivity contribution in [3.05, 3.63) is 76.0 Å². The van der Waals surface area contributed by atoms with Crippen molar-refractivity contribution < 1.29 is 4.92 Å². The van der Waals surface area contributed by atoms with E-state index in [1.54, 1.807) is 18.3 Å². The van der Waals surface area contributed by atoms with Gasteiger partial charge in [-0.2, -0.15) is 0 Å². The highest BCUT2D eigenvalue weighted by Crippen LogP contribution is 2.24. The average molecular weight is 291 g/mol. The zero-order valence-electron chi connectivity index (χ0n) is 11.6. The van der Waals surface area contributed by atoms with Crippen LogP contribution in [-0.4, -0.2) is 9.91 Å². The summed E-state index contributed by atoms with van der Waals surface area (Å²) >= 11 is 0. The molecule has 0 unspecified atom stereocenters. The second-order valence-corrected chi connectivity index (χ2v) is 4.83. The molecule has 0 fully saturated rings. The Hall–Kier alpha value is -3.21. The number of nitro groups is 1. The SMILES string of the molecule is Nc1ccc(/C=C\c2ccnc3ccccc23)cc1[N+](=O)[O-]. The molecule has 0 aliphatic heterocycles. The molecule has 0 aliphatic carbocycles. The smallest absolute Gasteiger partial charge is 0.292 e. The summed E-state index contributed by atoms with van der Waals surface area (Å²) in [7, 11) is 0. The predicted molar refractivity (Wildman–Crippen MR) is 88.2 cm³/mol. The second-order valence-electron chi connectivity index (χ2n) is 4.83. The highest BCUT2D eigenvalue weighted by atomic mass is 16.6. The first-order valence-corrected chi connectivity index (χ1v) is 6.71. The molecule has 1 aromatic heterocycles. The van der Waals surface area contributed by atoms with Crippen molar-refractivity contribution in [2.24, 2.45) is 0 Å². The molecule has 2 aromatic carbocycles. The third kappa shape index (κ3) is 2.64. The molecule has 0 saturated heterocycles. The van der Waals surface area contributed by atoms with Crippen LogP contribution in [-0.2, 0) is 0 Å². The normalized spacial score (nSPS) is 11.1. The number of nitro benzene ring substituents is 1. The van der Waals surface area contributed by atoms with Crippen LogP contribution in [0.4, 0.5) is 11.4 Å². The maximum Gasteiger partial charge on any atom is 0.292 e. The lowest BCUT2D eigenvalue weighted by Crippen LogP contribution is -1.95. The molecule has 0 bridgehead atoms. The van der Waals surface area contributed by atoms with E-state index in [1.165, 1.54) is 6.07 Å². The number of nitrogens with two attached hydrogens (primary N) is 1. The van der Waals surface area contributed by atoms with Crippen LogP contribution in [0.2, 0.25) is 0 Å². The molecule has 108 valence electrons. The van der Waals surface area contributed by atoms with Crippen molar-refractivity contribution in [2.75, 3.05) is 5.73 Å². The summed E-state index contributed by atoms with van der Waals surface area (Å²) in [5.41, 5.74) is 8.32. The highest BCUT2D eigenvalue weighted by Gasteiger charge is 2.10. The Balaban J connectivity index is 2.00. The molecule has 0 aliphatic rings. The van der Waals surface area contributed by atoms with Crippen LogP contribution in [0.3, 0.4) is 0 Å². The number of anilines is 1. The second kappa shape index (κ2) is 5.65. The first-order valence-electron chi connectivity index (χ1n) is 6.71. The van der Waals surface area contributed by atoms with E-state index in [-0.39, 0.29) is 11.4 Å². The molecule has 0 atom stereocenters. The predicted octanol–water partition coefficient (Wildman–Crippen LogP) is 3.90. The Kier molecular flexibility index (Phi) is 3.53. The van der Waals surface area contributed by atoms with Gasteiger partial charge >= 0.3 is 0 Å². The number of pyridine rings is 1. The maximum atomic E-state index is 10.9. The zero-order chi connectivity index (χ0) is 15.5. The minimum Gasteiger partial charge on any atom is -0.393 e. The van der Waals surface area contributed by atoms with Crippen molar-refractivity contribution in [3.8, 4) is 0 Å². The molecule has 5 heteroatoms. The number of aromatic nitrogens is 1. The monoisotopic (exact) mass is 291 g/mol. The van der Waals surface area contributed by atoms with Gasteiger partial charge in [-0.15, -0.1) is 0 Å². The number of benzene rings is 2. The van der Waals surface area contributed by atoms with Crippen molar-refractivity contribution in [2.45, 2.75) is 0 Å². The van der Waals surface area contributed by atoms with Gasteiger partial charge in [0.1, 0.15) is 5.69 Å². The summed E-state index contributed by atoms with van der Waals surface area (Å²) in [6.45, 7) is 0. The molecule has 5 nitrogen and oxygen atoms in total. The minimum atomic E-state index is -0.478. The van der Waals surface area contributed by atoms with Gasteiger partial charge in [0.2, 0.25) is 0 Å². The lowest BCUT2D eigenvalue weighted by Gasteiger charge is -2.01. The molecular weight excluding hydrogens is 278 g/mol. The van der Waals surface area contributed by atoms with Gasteiger partial charge in [-0.25, -0.2) is 0 Å². The Labute approximate surface area is 126 Å². The van der Waals surface area contributed by atoms with E-state index in [1.807, 2.05) is 42.5 Å². The molecule has 2 N–H and O–H groups in total. The van der Waals surface area contributed by atoms with Gasteiger partial charge in [-0.3, -0.25) is 15.1 Å². The summed E-state index contributed by atoms with van der Waals surface area (Å²) in [6, 6.07) is 14.5. The van der Waals surface area contributed by atoms with Gasteiger partial charge in [0.15, 0.2) is 0 Å². The number of nitrogens with zero attached hydrogens (tertiary/aromatic N) is 2. The van der Waals surface area contributed by atoms with E-state index in [0.29, 0.717) is 0 Å². The van der Waals surface area contributed by atoms with Crippen LogP contribution >= 0.6 is 0 Å². The molecule has 0 saturated carbocycles. The molecule has 0 amide bonds. The average Bonchev–Trinajstić information content (AvgIpc) is 2.53. The summed E-state index contributed by atoms with van der Waals surface area (Å²) in [6.07, 6.45) is 5.49. The highest BCUT2D eigenvalue weighted by molar-refractivity contribution is 5.90. The van der Waals surface area contributed by atoms with Crippen LogP contribution in [0.5, 0.6) is 0 Å². The van der Waals surface area contributed by atoms with E-state index in [4.69, 9.17) is 5.73 Å². The third-order valence-corrected chi connectivity index (χ3v) is 3.39. The van der Waals surface area contributed by atoms with Crippen LogP contribution < -0.4 is 5.73 Å². The van der Waals surface area contributed by atoms with Crippen molar-refractivity contribution in [1.82, 2.24) is 4.98 Å². The number of rotatable bonds is 3. The standard InChI is InChI=1S/C17H13N3O2/c18-15-8-6-12(11-17(15)20(21)22)5-7-13-9-10-19-16-4-2-1-3-14(13)16/h1-11H,18H2/b7-5-. The van der Waals surface area contributed by atoms with Crippen LogP contribution in [0.15, 0.2) is 54.7 Å². The number of para-hydroxylation sites is 1. The largest absolute Gasteiger partial charge is 0.393 e. The molecule has 3 aromatic rings. The topological polar surface area (TPSA) is 82.0 Å². The Morgan fingerprint density at radius 2 is 1.91 bits per heavy atom. The van der Waals surface area contributed by atoms with Gasteiger partial charge in [-0.1, -0.05) is 36.4 Å². The van der Waals surface area contributed by atoms with E-state index in [0.717, 1.165) is 22.0 Å². The molecule has 0 radical (unpaired) electrons. The molecule has 0 spiro atoms. The quantitative estimate of drug-likeness (QED) is 0.451. The third-order valence-electron chi connectivity index (χ3n) is 3.39. The van der Waals surface area contributed by atoms with E-state index >= 15 is 0 Å². The summed E-state index contributed by atoms with van der Waals surface area (Å²) in [4.78, 5) is 14.7.